The van der Waals surface area contributed by atoms with Gasteiger partial charge in [-0.1, -0.05) is 12.1 Å². The van der Waals surface area contributed by atoms with Crippen molar-refractivity contribution < 1.29 is 23.0 Å². The van der Waals surface area contributed by atoms with E-state index in [4.69, 9.17) is 4.74 Å². The van der Waals surface area contributed by atoms with Crippen molar-refractivity contribution in [3.05, 3.63) is 42.0 Å². The summed E-state index contributed by atoms with van der Waals surface area (Å²) in [6.07, 6.45) is -0.170. The minimum absolute atomic E-state index is 0.171. The maximum absolute atomic E-state index is 12.5. The molecule has 0 N–H and O–H groups in total. The fourth-order valence-electron chi connectivity index (χ4n) is 2.84. The van der Waals surface area contributed by atoms with Crippen molar-refractivity contribution in [3.63, 3.8) is 0 Å². The van der Waals surface area contributed by atoms with Crippen LogP contribution >= 0.6 is 0 Å². The SMILES string of the molecule is COc1ccc2ccc(C(=O)N3CC[C@H](OC(F)F)C3)cc2c1. The van der Waals surface area contributed by atoms with Crippen LogP contribution in [0.15, 0.2) is 36.4 Å². The molecule has 1 aliphatic rings. The van der Waals surface area contributed by atoms with Crippen molar-refractivity contribution in [2.75, 3.05) is 20.2 Å². The molecule has 2 aromatic carbocycles. The molecule has 1 amide bonds. The van der Waals surface area contributed by atoms with E-state index < -0.39 is 12.7 Å². The summed E-state index contributed by atoms with van der Waals surface area (Å²) < 4.78 is 34.2. The third-order valence-electron chi connectivity index (χ3n) is 4.02. The zero-order valence-electron chi connectivity index (χ0n) is 12.7. The summed E-state index contributed by atoms with van der Waals surface area (Å²) in [5, 5.41) is 1.90. The average Bonchev–Trinajstić information content (AvgIpc) is 3.00. The van der Waals surface area contributed by atoms with E-state index in [1.54, 1.807) is 24.1 Å². The van der Waals surface area contributed by atoms with Crippen molar-refractivity contribution >= 4 is 16.7 Å². The van der Waals surface area contributed by atoms with Gasteiger partial charge in [-0.2, -0.15) is 8.78 Å². The van der Waals surface area contributed by atoms with Crippen LogP contribution in [0.5, 0.6) is 5.75 Å². The molecule has 0 bridgehead atoms. The van der Waals surface area contributed by atoms with Crippen molar-refractivity contribution in [1.82, 2.24) is 4.90 Å². The number of methoxy groups -OCH3 is 1. The van der Waals surface area contributed by atoms with Crippen molar-refractivity contribution in [3.8, 4) is 5.75 Å². The van der Waals surface area contributed by atoms with Crippen LogP contribution in [0.2, 0.25) is 0 Å². The van der Waals surface area contributed by atoms with E-state index in [0.717, 1.165) is 10.8 Å². The Hall–Kier alpha value is -2.21. The molecular weight excluding hydrogens is 304 g/mol. The normalized spacial score (nSPS) is 17.9. The van der Waals surface area contributed by atoms with Crippen LogP contribution in [0, 0.1) is 0 Å². The summed E-state index contributed by atoms with van der Waals surface area (Å²) >= 11 is 0. The van der Waals surface area contributed by atoms with Gasteiger partial charge in [-0.25, -0.2) is 0 Å². The first-order chi connectivity index (χ1) is 11.1. The molecule has 2 aromatic rings. The van der Waals surface area contributed by atoms with Gasteiger partial charge in [0.1, 0.15) is 5.75 Å². The molecule has 1 aliphatic heterocycles. The van der Waals surface area contributed by atoms with Gasteiger partial charge in [0.05, 0.1) is 13.2 Å². The van der Waals surface area contributed by atoms with Crippen LogP contribution in [0.4, 0.5) is 8.78 Å². The standard InChI is InChI=1S/C17H17F2NO3/c1-22-14-5-4-11-2-3-12(8-13(11)9-14)16(21)20-7-6-15(10-20)23-17(18)19/h2-5,8-9,15,17H,6-7,10H2,1H3/t15-/m0/s1. The summed E-state index contributed by atoms with van der Waals surface area (Å²) in [5.74, 6) is 0.545. The Labute approximate surface area is 132 Å². The Kier molecular flexibility index (Phi) is 4.43. The van der Waals surface area contributed by atoms with Crippen LogP contribution in [0.1, 0.15) is 16.8 Å². The molecule has 1 atom stereocenters. The van der Waals surface area contributed by atoms with E-state index >= 15 is 0 Å². The van der Waals surface area contributed by atoms with E-state index in [2.05, 4.69) is 4.74 Å². The van der Waals surface area contributed by atoms with Gasteiger partial charge in [0.2, 0.25) is 0 Å². The maximum Gasteiger partial charge on any atom is 0.345 e. The summed E-state index contributed by atoms with van der Waals surface area (Å²) in [4.78, 5) is 14.1. The lowest BCUT2D eigenvalue weighted by Crippen LogP contribution is -2.30. The molecule has 1 heterocycles. The van der Waals surface area contributed by atoms with E-state index in [9.17, 15) is 13.6 Å². The fourth-order valence-corrected chi connectivity index (χ4v) is 2.84. The number of carbonyl (C=O) groups excluding carboxylic acids is 1. The topological polar surface area (TPSA) is 38.8 Å². The molecular formula is C17H17F2NO3. The lowest BCUT2D eigenvalue weighted by atomic mass is 10.1. The molecule has 0 saturated carbocycles. The van der Waals surface area contributed by atoms with Gasteiger partial charge in [-0.15, -0.1) is 0 Å². The molecule has 0 aromatic heterocycles. The van der Waals surface area contributed by atoms with Crippen molar-refractivity contribution in [2.24, 2.45) is 0 Å². The third kappa shape index (κ3) is 3.42. The number of fused-ring (bicyclic) bond motifs is 1. The smallest absolute Gasteiger partial charge is 0.345 e. The predicted octanol–water partition coefficient (Wildman–Crippen LogP) is 3.30. The first-order valence-corrected chi connectivity index (χ1v) is 7.37. The van der Waals surface area contributed by atoms with E-state index in [-0.39, 0.29) is 12.5 Å². The molecule has 1 fully saturated rings. The molecule has 0 aliphatic carbocycles. The Bertz CT molecular complexity index is 720. The Balaban J connectivity index is 1.78. The molecule has 0 radical (unpaired) electrons. The molecule has 0 unspecified atom stereocenters. The number of amides is 1. The highest BCUT2D eigenvalue weighted by Crippen LogP contribution is 2.24. The largest absolute Gasteiger partial charge is 0.497 e. The minimum Gasteiger partial charge on any atom is -0.497 e. The van der Waals surface area contributed by atoms with Crippen molar-refractivity contribution in [2.45, 2.75) is 19.1 Å². The quantitative estimate of drug-likeness (QED) is 0.867. The van der Waals surface area contributed by atoms with Crippen LogP contribution < -0.4 is 4.74 Å². The van der Waals surface area contributed by atoms with Gasteiger partial charge in [0.25, 0.3) is 5.91 Å². The molecule has 0 spiro atoms. The third-order valence-corrected chi connectivity index (χ3v) is 4.02. The zero-order chi connectivity index (χ0) is 16.4. The van der Waals surface area contributed by atoms with Gasteiger partial charge >= 0.3 is 6.61 Å². The molecule has 6 heteroatoms. The Morgan fingerprint density at radius 2 is 2.00 bits per heavy atom. The molecule has 23 heavy (non-hydrogen) atoms. The van der Waals surface area contributed by atoms with Crippen LogP contribution in [0.3, 0.4) is 0 Å². The van der Waals surface area contributed by atoms with Gasteiger partial charge < -0.3 is 14.4 Å². The molecule has 3 rings (SSSR count). The number of nitrogens with zero attached hydrogens (tertiary/aromatic N) is 1. The van der Waals surface area contributed by atoms with Gasteiger partial charge in [-0.3, -0.25) is 4.79 Å². The fraction of sp³-hybridized carbons (Fsp3) is 0.353. The monoisotopic (exact) mass is 321 g/mol. The highest BCUT2D eigenvalue weighted by Gasteiger charge is 2.29. The van der Waals surface area contributed by atoms with E-state index in [1.807, 2.05) is 24.3 Å². The van der Waals surface area contributed by atoms with Crippen LogP contribution in [0.25, 0.3) is 10.8 Å². The van der Waals surface area contributed by atoms with Gasteiger partial charge in [0.15, 0.2) is 0 Å². The first kappa shape index (κ1) is 15.7. The number of rotatable bonds is 4. The average molecular weight is 321 g/mol. The van der Waals surface area contributed by atoms with Crippen LogP contribution in [-0.2, 0) is 4.74 Å². The minimum atomic E-state index is -2.80. The van der Waals surface area contributed by atoms with E-state index in [1.165, 1.54) is 0 Å². The van der Waals surface area contributed by atoms with E-state index in [0.29, 0.717) is 24.3 Å². The van der Waals surface area contributed by atoms with Gasteiger partial charge in [0, 0.05) is 18.7 Å². The summed E-state index contributed by atoms with van der Waals surface area (Å²) in [6, 6.07) is 11.0. The Morgan fingerprint density at radius 3 is 2.74 bits per heavy atom. The van der Waals surface area contributed by atoms with Crippen molar-refractivity contribution in [1.29, 1.82) is 0 Å². The number of halogens is 2. The number of carbonyl (C=O) groups is 1. The number of ether oxygens (including phenoxy) is 2. The highest BCUT2D eigenvalue weighted by molar-refractivity contribution is 5.99. The number of benzene rings is 2. The number of alkyl halides is 2. The highest BCUT2D eigenvalue weighted by atomic mass is 19.3. The second-order valence-corrected chi connectivity index (χ2v) is 5.49. The molecule has 4 nitrogen and oxygen atoms in total. The second-order valence-electron chi connectivity index (χ2n) is 5.49. The molecule has 1 saturated heterocycles. The summed E-state index contributed by atoms with van der Waals surface area (Å²) in [7, 11) is 1.59. The summed E-state index contributed by atoms with van der Waals surface area (Å²) in [5.41, 5.74) is 0.531. The number of hydrogen-bond donors (Lipinski definition) is 0. The number of hydrogen-bond acceptors (Lipinski definition) is 3. The lowest BCUT2D eigenvalue weighted by Gasteiger charge is -2.17. The zero-order valence-corrected chi connectivity index (χ0v) is 12.7. The van der Waals surface area contributed by atoms with Gasteiger partial charge in [-0.05, 0) is 41.5 Å². The predicted molar refractivity (Wildman–Crippen MR) is 81.9 cm³/mol. The number of likely N-dealkylation sites (tertiary alicyclic amines) is 1. The first-order valence-electron chi connectivity index (χ1n) is 7.37. The molecule has 122 valence electrons. The Morgan fingerprint density at radius 1 is 1.22 bits per heavy atom. The second kappa shape index (κ2) is 6.50. The summed E-state index contributed by atoms with van der Waals surface area (Å²) in [6.45, 7) is -2.19. The van der Waals surface area contributed by atoms with Crippen LogP contribution in [-0.4, -0.2) is 43.7 Å². The lowest BCUT2D eigenvalue weighted by molar-refractivity contribution is -0.158. The maximum atomic E-state index is 12.5.